The maximum atomic E-state index is 13.3. The molecule has 6 heteroatoms. The molecule has 0 amide bonds. The second-order valence-corrected chi connectivity index (χ2v) is 8.23. The zero-order valence-corrected chi connectivity index (χ0v) is 14.8. The van der Waals surface area contributed by atoms with Crippen molar-refractivity contribution in [2.24, 2.45) is 0 Å². The third-order valence-corrected chi connectivity index (χ3v) is 5.35. The van der Waals surface area contributed by atoms with Gasteiger partial charge in [0.25, 0.3) is 0 Å². The van der Waals surface area contributed by atoms with Crippen LogP contribution in [0.15, 0.2) is 48.5 Å². The Balaban J connectivity index is 1.96. The van der Waals surface area contributed by atoms with E-state index in [1.165, 1.54) is 12.1 Å². The fraction of sp³-hybridized carbons (Fsp3) is 0.333. The molecule has 0 saturated heterocycles. The molecular weight excluding hydrogens is 329 g/mol. The highest BCUT2D eigenvalue weighted by atomic mass is 32.2. The molecule has 2 aromatic rings. The number of hydrogen-bond acceptors (Lipinski definition) is 3. The Labute approximate surface area is 142 Å². The van der Waals surface area contributed by atoms with E-state index in [0.717, 1.165) is 11.1 Å². The summed E-state index contributed by atoms with van der Waals surface area (Å²) < 4.78 is 44.9. The lowest BCUT2D eigenvalue weighted by atomic mass is 10.1. The fourth-order valence-electron chi connectivity index (χ4n) is 2.07. The van der Waals surface area contributed by atoms with Crippen LogP contribution in [0, 0.1) is 5.82 Å². The molecule has 1 unspecified atom stereocenters. The van der Waals surface area contributed by atoms with Crippen LogP contribution in [0.3, 0.4) is 0 Å². The van der Waals surface area contributed by atoms with Crippen LogP contribution in [0.1, 0.15) is 20.8 Å². The molecule has 2 aromatic carbocycles. The number of nitrogens with one attached hydrogen (secondary N) is 1. The van der Waals surface area contributed by atoms with Gasteiger partial charge in [0.2, 0.25) is 10.0 Å². The fourth-order valence-corrected chi connectivity index (χ4v) is 2.87. The van der Waals surface area contributed by atoms with Gasteiger partial charge < -0.3 is 4.74 Å². The SMILES string of the molecule is CC(CNS(=O)(=O)C(C)C)Oc1ccc(-c2cccc(F)c2)cc1. The van der Waals surface area contributed by atoms with Crippen molar-refractivity contribution in [3.63, 3.8) is 0 Å². The van der Waals surface area contributed by atoms with Gasteiger partial charge in [0.15, 0.2) is 0 Å². The van der Waals surface area contributed by atoms with E-state index in [4.69, 9.17) is 4.74 Å². The summed E-state index contributed by atoms with van der Waals surface area (Å²) in [6.45, 7) is 5.24. The molecule has 0 saturated carbocycles. The van der Waals surface area contributed by atoms with Crippen LogP contribution in [0.4, 0.5) is 4.39 Å². The maximum Gasteiger partial charge on any atom is 0.214 e. The minimum atomic E-state index is -3.30. The predicted molar refractivity (Wildman–Crippen MR) is 94.0 cm³/mol. The summed E-state index contributed by atoms with van der Waals surface area (Å²) in [5.41, 5.74) is 1.68. The number of rotatable bonds is 7. The van der Waals surface area contributed by atoms with Crippen molar-refractivity contribution in [1.82, 2.24) is 4.72 Å². The van der Waals surface area contributed by atoms with Crippen molar-refractivity contribution in [3.05, 3.63) is 54.3 Å². The van der Waals surface area contributed by atoms with Gasteiger partial charge in [-0.25, -0.2) is 17.5 Å². The summed E-state index contributed by atoms with van der Waals surface area (Å²) in [7, 11) is -3.30. The zero-order valence-electron chi connectivity index (χ0n) is 14.0. The van der Waals surface area contributed by atoms with Crippen molar-refractivity contribution >= 4 is 10.0 Å². The van der Waals surface area contributed by atoms with Crippen molar-refractivity contribution in [3.8, 4) is 16.9 Å². The molecule has 0 radical (unpaired) electrons. The van der Waals surface area contributed by atoms with Crippen LogP contribution in [-0.4, -0.2) is 26.3 Å². The Kier molecular flexibility index (Phi) is 5.96. The summed E-state index contributed by atoms with van der Waals surface area (Å²) in [6, 6.07) is 13.6. The van der Waals surface area contributed by atoms with E-state index in [1.807, 2.05) is 18.2 Å². The van der Waals surface area contributed by atoms with E-state index in [2.05, 4.69) is 4.72 Å². The predicted octanol–water partition coefficient (Wildman–Crippen LogP) is 3.59. The highest BCUT2D eigenvalue weighted by Crippen LogP contribution is 2.23. The maximum absolute atomic E-state index is 13.3. The van der Waals surface area contributed by atoms with Crippen LogP contribution in [-0.2, 0) is 10.0 Å². The van der Waals surface area contributed by atoms with Crippen molar-refractivity contribution in [2.45, 2.75) is 32.1 Å². The first-order valence-electron chi connectivity index (χ1n) is 7.79. The number of benzene rings is 2. The van der Waals surface area contributed by atoms with Crippen molar-refractivity contribution < 1.29 is 17.5 Å². The quantitative estimate of drug-likeness (QED) is 0.829. The lowest BCUT2D eigenvalue weighted by Gasteiger charge is -2.17. The highest BCUT2D eigenvalue weighted by Gasteiger charge is 2.16. The van der Waals surface area contributed by atoms with Gasteiger partial charge in [-0.05, 0) is 56.2 Å². The van der Waals surface area contributed by atoms with E-state index in [9.17, 15) is 12.8 Å². The normalized spacial score (nSPS) is 13.0. The van der Waals surface area contributed by atoms with Gasteiger partial charge in [-0.3, -0.25) is 0 Å². The van der Waals surface area contributed by atoms with E-state index in [1.54, 1.807) is 39.0 Å². The highest BCUT2D eigenvalue weighted by molar-refractivity contribution is 7.90. The second kappa shape index (κ2) is 7.77. The summed E-state index contributed by atoms with van der Waals surface area (Å²) in [5, 5.41) is -0.477. The molecule has 0 fully saturated rings. The third-order valence-electron chi connectivity index (χ3n) is 3.54. The van der Waals surface area contributed by atoms with E-state index in [-0.39, 0.29) is 18.5 Å². The van der Waals surface area contributed by atoms with Gasteiger partial charge in [-0.15, -0.1) is 0 Å². The summed E-state index contributed by atoms with van der Waals surface area (Å²) in [5.74, 6) is 0.352. The molecule has 0 spiro atoms. The van der Waals surface area contributed by atoms with Crippen LogP contribution < -0.4 is 9.46 Å². The lowest BCUT2D eigenvalue weighted by Crippen LogP contribution is -2.37. The summed E-state index contributed by atoms with van der Waals surface area (Å²) >= 11 is 0. The molecule has 0 aliphatic rings. The minimum absolute atomic E-state index is 0.201. The molecule has 24 heavy (non-hydrogen) atoms. The average molecular weight is 351 g/mol. The van der Waals surface area contributed by atoms with Gasteiger partial charge in [0.05, 0.1) is 5.25 Å². The van der Waals surface area contributed by atoms with Crippen molar-refractivity contribution in [2.75, 3.05) is 6.54 Å². The van der Waals surface area contributed by atoms with E-state index >= 15 is 0 Å². The smallest absolute Gasteiger partial charge is 0.214 e. The second-order valence-electron chi connectivity index (χ2n) is 5.91. The molecular formula is C18H22FNO3S. The summed E-state index contributed by atoms with van der Waals surface area (Å²) in [6.07, 6.45) is -0.307. The molecule has 0 aromatic heterocycles. The van der Waals surface area contributed by atoms with Gasteiger partial charge in [0.1, 0.15) is 17.7 Å². The first kappa shape index (κ1) is 18.4. The number of ether oxygens (including phenoxy) is 1. The van der Waals surface area contributed by atoms with Crippen LogP contribution in [0.25, 0.3) is 11.1 Å². The molecule has 1 atom stereocenters. The molecule has 0 bridgehead atoms. The molecule has 1 N–H and O–H groups in total. The van der Waals surface area contributed by atoms with E-state index < -0.39 is 15.3 Å². The van der Waals surface area contributed by atoms with Crippen LogP contribution >= 0.6 is 0 Å². The largest absolute Gasteiger partial charge is 0.489 e. The standard InChI is InChI=1S/C18H22FNO3S/c1-13(2)24(21,22)20-12-14(3)23-18-9-7-15(8-10-18)16-5-4-6-17(19)11-16/h4-11,13-14,20H,12H2,1-3H3. The Morgan fingerprint density at radius 2 is 1.71 bits per heavy atom. The van der Waals surface area contributed by atoms with Gasteiger partial charge >= 0.3 is 0 Å². The first-order valence-corrected chi connectivity index (χ1v) is 9.33. The number of hydrogen-bond donors (Lipinski definition) is 1. The monoisotopic (exact) mass is 351 g/mol. The molecule has 0 heterocycles. The molecule has 0 aliphatic carbocycles. The summed E-state index contributed by atoms with van der Waals surface area (Å²) in [4.78, 5) is 0. The number of sulfonamides is 1. The van der Waals surface area contributed by atoms with Gasteiger partial charge in [0, 0.05) is 6.54 Å². The van der Waals surface area contributed by atoms with Gasteiger partial charge in [-0.2, -0.15) is 0 Å². The van der Waals surface area contributed by atoms with E-state index in [0.29, 0.717) is 5.75 Å². The zero-order chi connectivity index (χ0) is 17.7. The Morgan fingerprint density at radius 1 is 1.04 bits per heavy atom. The third kappa shape index (κ3) is 5.04. The lowest BCUT2D eigenvalue weighted by molar-refractivity contribution is 0.225. The Hall–Kier alpha value is -1.92. The van der Waals surface area contributed by atoms with Gasteiger partial charge in [-0.1, -0.05) is 24.3 Å². The topological polar surface area (TPSA) is 55.4 Å². The average Bonchev–Trinajstić information content (AvgIpc) is 2.53. The Bertz CT molecular complexity index is 773. The Morgan fingerprint density at radius 3 is 2.29 bits per heavy atom. The molecule has 130 valence electrons. The minimum Gasteiger partial charge on any atom is -0.489 e. The first-order chi connectivity index (χ1) is 11.3. The molecule has 0 aliphatic heterocycles. The molecule has 4 nitrogen and oxygen atoms in total. The molecule has 2 rings (SSSR count). The van der Waals surface area contributed by atoms with Crippen LogP contribution in [0.5, 0.6) is 5.75 Å². The van der Waals surface area contributed by atoms with Crippen molar-refractivity contribution in [1.29, 1.82) is 0 Å². The number of halogens is 1. The van der Waals surface area contributed by atoms with Crippen LogP contribution in [0.2, 0.25) is 0 Å².